The van der Waals surface area contributed by atoms with Crippen LogP contribution in [0.25, 0.3) is 70.2 Å². The van der Waals surface area contributed by atoms with E-state index in [0.717, 1.165) is 34.7 Å². The molecule has 0 radical (unpaired) electrons. The number of rotatable bonds is 4. The first kappa shape index (κ1) is 24.3. The van der Waals surface area contributed by atoms with Gasteiger partial charge in [-0.15, -0.1) is 11.3 Å². The Hall–Kier alpha value is -5.26. The van der Waals surface area contributed by atoms with Crippen molar-refractivity contribution in [2.24, 2.45) is 7.05 Å². The third-order valence-electron chi connectivity index (χ3n) is 8.61. The van der Waals surface area contributed by atoms with Gasteiger partial charge in [0, 0.05) is 49.8 Å². The zero-order valence-corrected chi connectivity index (χ0v) is 24.3. The fraction of sp³-hybridized carbons (Fsp3) is 0.0526. The molecule has 43 heavy (non-hydrogen) atoms. The molecule has 0 saturated carbocycles. The molecule has 9 rings (SSSR count). The number of hydrogen-bond donors (Lipinski definition) is 0. The minimum absolute atomic E-state index is 0.814. The first-order valence-corrected chi connectivity index (χ1v) is 15.3. The summed E-state index contributed by atoms with van der Waals surface area (Å²) in [6.07, 6.45) is 2.69. The molecule has 0 atom stereocenters. The minimum atomic E-state index is 0.814. The van der Waals surface area contributed by atoms with Crippen LogP contribution in [0.15, 0.2) is 128 Å². The topological polar surface area (TPSA) is 35.6 Å². The normalized spacial score (nSPS) is 11.9. The summed E-state index contributed by atoms with van der Waals surface area (Å²) < 4.78 is 7.17. The summed E-state index contributed by atoms with van der Waals surface area (Å²) in [5, 5.41) is 5.23. The molecule has 5 heteroatoms. The van der Waals surface area contributed by atoms with Crippen LogP contribution in [-0.2, 0) is 13.5 Å². The third-order valence-corrected chi connectivity index (χ3v) is 9.80. The molecule has 4 nitrogen and oxygen atoms in total. The van der Waals surface area contributed by atoms with Gasteiger partial charge < -0.3 is 4.57 Å². The van der Waals surface area contributed by atoms with Crippen LogP contribution in [0, 0.1) is 0 Å². The van der Waals surface area contributed by atoms with Crippen molar-refractivity contribution >= 4 is 64.3 Å². The summed E-state index contributed by atoms with van der Waals surface area (Å²) in [5.74, 6) is 1.92. The third kappa shape index (κ3) is 3.68. The Kier molecular flexibility index (Phi) is 5.31. The van der Waals surface area contributed by atoms with Crippen molar-refractivity contribution in [2.45, 2.75) is 6.42 Å². The smallest absolute Gasteiger partial charge is 0.140 e. The van der Waals surface area contributed by atoms with E-state index in [1.807, 2.05) is 29.7 Å². The highest BCUT2D eigenvalue weighted by atomic mass is 32.1. The molecule has 5 aromatic carbocycles. The van der Waals surface area contributed by atoms with Crippen molar-refractivity contribution in [2.75, 3.05) is 0 Å². The molecular weight excluding hydrogens is 545 g/mol. The van der Waals surface area contributed by atoms with Crippen molar-refractivity contribution in [3.05, 3.63) is 139 Å². The Morgan fingerprint density at radius 1 is 0.674 bits per heavy atom. The first-order valence-electron chi connectivity index (χ1n) is 14.5. The summed E-state index contributed by atoms with van der Waals surface area (Å²) in [5.41, 5.74) is 8.25. The lowest BCUT2D eigenvalue weighted by Crippen LogP contribution is -1.98. The number of nitrogens with zero attached hydrogens (tertiary/aromatic N) is 4. The summed E-state index contributed by atoms with van der Waals surface area (Å²) in [7, 11) is 2.10. The van der Waals surface area contributed by atoms with E-state index in [1.165, 1.54) is 53.1 Å². The van der Waals surface area contributed by atoms with E-state index in [4.69, 9.17) is 9.97 Å². The van der Waals surface area contributed by atoms with Crippen LogP contribution in [0.1, 0.15) is 11.1 Å². The molecule has 0 saturated heterocycles. The lowest BCUT2D eigenvalue weighted by Gasteiger charge is -2.11. The number of aromatic nitrogens is 4. The maximum Gasteiger partial charge on any atom is 0.140 e. The maximum absolute atomic E-state index is 4.98. The standard InChI is InChI=1S/C38H26N4S/c1-41-31-17-6-4-15-29(31)40-38(41)25-12-10-11-24(21-25)22-26-23-32-36(37-35(26)28-14-3-7-18-33(28)43-37)27-13-2-5-16-30(27)42(32)34-19-8-9-20-39-34/h2-21,23H,22H2,1H3. The lowest BCUT2D eigenvalue weighted by atomic mass is 9.96. The molecule has 0 fully saturated rings. The number of benzene rings is 5. The summed E-state index contributed by atoms with van der Waals surface area (Å²) in [4.78, 5) is 9.76. The average molecular weight is 571 g/mol. The van der Waals surface area contributed by atoms with Crippen LogP contribution in [0.4, 0.5) is 0 Å². The van der Waals surface area contributed by atoms with Crippen molar-refractivity contribution < 1.29 is 0 Å². The molecule has 0 amide bonds. The molecular formula is C38H26N4S. The number of pyridine rings is 1. The van der Waals surface area contributed by atoms with E-state index in [2.05, 4.69) is 125 Å². The molecule has 4 heterocycles. The second kappa shape index (κ2) is 9.38. The predicted octanol–water partition coefficient (Wildman–Crippen LogP) is 9.69. The Balaban J connectivity index is 1.31. The highest BCUT2D eigenvalue weighted by Crippen LogP contribution is 2.45. The lowest BCUT2D eigenvalue weighted by molar-refractivity contribution is 0.958. The molecule has 0 aliphatic carbocycles. The Morgan fingerprint density at radius 3 is 2.33 bits per heavy atom. The van der Waals surface area contributed by atoms with Gasteiger partial charge in [-0.3, -0.25) is 4.57 Å². The van der Waals surface area contributed by atoms with Crippen molar-refractivity contribution in [1.29, 1.82) is 0 Å². The molecule has 0 aliphatic heterocycles. The highest BCUT2D eigenvalue weighted by molar-refractivity contribution is 7.26. The zero-order valence-electron chi connectivity index (χ0n) is 23.5. The van der Waals surface area contributed by atoms with Gasteiger partial charge in [-0.05, 0) is 66.1 Å². The van der Waals surface area contributed by atoms with E-state index >= 15 is 0 Å². The molecule has 0 aliphatic rings. The molecule has 0 unspecified atom stereocenters. The highest BCUT2D eigenvalue weighted by Gasteiger charge is 2.21. The van der Waals surface area contributed by atoms with Gasteiger partial charge in [-0.1, -0.05) is 72.8 Å². The van der Waals surface area contributed by atoms with Gasteiger partial charge in [0.25, 0.3) is 0 Å². The molecule has 9 aromatic rings. The summed E-state index contributed by atoms with van der Waals surface area (Å²) >= 11 is 1.90. The van der Waals surface area contributed by atoms with Gasteiger partial charge >= 0.3 is 0 Å². The van der Waals surface area contributed by atoms with Crippen LogP contribution in [-0.4, -0.2) is 19.1 Å². The SMILES string of the molecule is Cn1c(-c2cccc(Cc3cc4c(c5ccccc5n4-c4ccccn4)c4sc5ccccc5c34)c2)nc2ccccc21. The zero-order chi connectivity index (χ0) is 28.5. The van der Waals surface area contributed by atoms with Crippen LogP contribution in [0.3, 0.4) is 0 Å². The largest absolute Gasteiger partial charge is 0.327 e. The fourth-order valence-corrected chi connectivity index (χ4v) is 8.03. The number of thiophene rings is 1. The van der Waals surface area contributed by atoms with E-state index in [9.17, 15) is 0 Å². The number of para-hydroxylation sites is 3. The van der Waals surface area contributed by atoms with E-state index in [1.54, 1.807) is 0 Å². The van der Waals surface area contributed by atoms with E-state index < -0.39 is 0 Å². The van der Waals surface area contributed by atoms with Crippen LogP contribution in [0.5, 0.6) is 0 Å². The van der Waals surface area contributed by atoms with Crippen LogP contribution in [0.2, 0.25) is 0 Å². The molecule has 4 aromatic heterocycles. The quantitative estimate of drug-likeness (QED) is 0.211. The van der Waals surface area contributed by atoms with Gasteiger partial charge in [0.1, 0.15) is 11.6 Å². The Morgan fingerprint density at radius 2 is 1.47 bits per heavy atom. The van der Waals surface area contributed by atoms with Crippen molar-refractivity contribution in [3.63, 3.8) is 0 Å². The fourth-order valence-electron chi connectivity index (χ4n) is 6.73. The minimum Gasteiger partial charge on any atom is -0.327 e. The summed E-state index contributed by atoms with van der Waals surface area (Å²) in [6, 6.07) is 43.3. The van der Waals surface area contributed by atoms with Crippen LogP contribution < -0.4 is 0 Å². The second-order valence-corrected chi connectivity index (χ2v) is 12.2. The van der Waals surface area contributed by atoms with Gasteiger partial charge in [0.2, 0.25) is 0 Å². The van der Waals surface area contributed by atoms with Crippen molar-refractivity contribution in [3.8, 4) is 17.2 Å². The molecule has 0 bridgehead atoms. The molecule has 204 valence electrons. The first-order chi connectivity index (χ1) is 21.2. The average Bonchev–Trinajstić information content (AvgIpc) is 3.71. The number of hydrogen-bond acceptors (Lipinski definition) is 3. The van der Waals surface area contributed by atoms with Gasteiger partial charge in [0.05, 0.1) is 22.1 Å². The number of fused-ring (bicyclic) bond motifs is 8. The Bertz CT molecular complexity index is 2500. The van der Waals surface area contributed by atoms with Gasteiger partial charge in [-0.2, -0.15) is 0 Å². The monoisotopic (exact) mass is 570 g/mol. The van der Waals surface area contributed by atoms with Gasteiger partial charge in [0.15, 0.2) is 0 Å². The van der Waals surface area contributed by atoms with Gasteiger partial charge in [-0.25, -0.2) is 9.97 Å². The molecule has 0 N–H and O–H groups in total. The number of aryl methyl sites for hydroxylation is 1. The summed E-state index contributed by atoms with van der Waals surface area (Å²) in [6.45, 7) is 0. The predicted molar refractivity (Wildman–Crippen MR) is 180 cm³/mol. The van der Waals surface area contributed by atoms with E-state index in [0.29, 0.717) is 0 Å². The van der Waals surface area contributed by atoms with E-state index in [-0.39, 0.29) is 0 Å². The Labute approximate surface area is 252 Å². The molecule has 0 spiro atoms. The maximum atomic E-state index is 4.98. The van der Waals surface area contributed by atoms with Crippen LogP contribution >= 0.6 is 11.3 Å². The number of imidazole rings is 1. The second-order valence-electron chi connectivity index (χ2n) is 11.1. The van der Waals surface area contributed by atoms with Crippen molar-refractivity contribution in [1.82, 2.24) is 19.1 Å².